The molecule has 1 aromatic heterocycles. The fourth-order valence-corrected chi connectivity index (χ4v) is 5.11. The van der Waals surface area contributed by atoms with E-state index in [-0.39, 0.29) is 23.7 Å². The van der Waals surface area contributed by atoms with Gasteiger partial charge in [-0.05, 0) is 66.5 Å². The van der Waals surface area contributed by atoms with Crippen LogP contribution in [-0.2, 0) is 12.0 Å². The number of benzene rings is 1. The van der Waals surface area contributed by atoms with Crippen molar-refractivity contribution in [1.29, 1.82) is 5.26 Å². The maximum atomic E-state index is 14.9. The Balaban J connectivity index is 1.67. The Kier molecular flexibility index (Phi) is 4.97. The molecule has 5 nitrogen and oxygen atoms in total. The van der Waals surface area contributed by atoms with Crippen molar-refractivity contribution >= 4 is 22.7 Å². The first kappa shape index (κ1) is 19.3. The molecule has 1 aliphatic heterocycles. The Morgan fingerprint density at radius 1 is 1.34 bits per heavy atom. The number of aromatic nitrogens is 1. The number of amidine groups is 1. The van der Waals surface area contributed by atoms with Gasteiger partial charge in [0.25, 0.3) is 0 Å². The summed E-state index contributed by atoms with van der Waals surface area (Å²) in [4.78, 5) is 22.4. The molecule has 4 rings (SSSR count). The third kappa shape index (κ3) is 3.56. The van der Waals surface area contributed by atoms with Gasteiger partial charge in [0.15, 0.2) is 11.0 Å². The van der Waals surface area contributed by atoms with Crippen LogP contribution in [-0.4, -0.2) is 15.9 Å². The summed E-state index contributed by atoms with van der Waals surface area (Å²) in [6.45, 7) is 1.90. The molecule has 2 aliphatic rings. The van der Waals surface area contributed by atoms with Crippen molar-refractivity contribution in [2.24, 2.45) is 10.7 Å². The molecule has 0 fully saturated rings. The van der Waals surface area contributed by atoms with Crippen molar-refractivity contribution in [3.8, 4) is 6.07 Å². The highest BCUT2D eigenvalue weighted by Crippen LogP contribution is 2.50. The average molecular weight is 406 g/mol. The number of nitrogens with two attached hydrogens (primary N) is 1. The first-order chi connectivity index (χ1) is 13.9. The van der Waals surface area contributed by atoms with Crippen molar-refractivity contribution in [2.45, 2.75) is 38.1 Å². The normalized spacial score (nSPS) is 20.8. The molecule has 0 unspecified atom stereocenters. The number of pyridine rings is 1. The number of hydrogen-bond donors (Lipinski definition) is 1. The Hall–Kier alpha value is -2.98. The number of nitriles is 1. The number of thioether (sulfide) groups is 1. The summed E-state index contributed by atoms with van der Waals surface area (Å²) in [6, 6.07) is 9.78. The molecule has 0 spiro atoms. The quantitative estimate of drug-likeness (QED) is 0.767. The van der Waals surface area contributed by atoms with Crippen LogP contribution in [0.5, 0.6) is 0 Å². The van der Waals surface area contributed by atoms with Crippen LogP contribution in [0.25, 0.3) is 0 Å². The monoisotopic (exact) mass is 406 g/mol. The van der Waals surface area contributed by atoms with E-state index in [1.165, 1.54) is 35.0 Å². The average Bonchev–Trinajstić information content (AvgIpc) is 3.18. The number of ketones is 1. The van der Waals surface area contributed by atoms with Gasteiger partial charge in [-0.25, -0.2) is 9.38 Å². The van der Waals surface area contributed by atoms with Gasteiger partial charge in [0.05, 0.1) is 5.56 Å². The van der Waals surface area contributed by atoms with Crippen molar-refractivity contribution < 1.29 is 9.18 Å². The fraction of sp³-hybridized carbons (Fsp3) is 0.273. The minimum absolute atomic E-state index is 0.0854. The van der Waals surface area contributed by atoms with Crippen molar-refractivity contribution in [1.82, 2.24) is 4.98 Å². The Morgan fingerprint density at radius 3 is 2.90 bits per heavy atom. The third-order valence-corrected chi connectivity index (χ3v) is 6.41. The zero-order valence-corrected chi connectivity index (χ0v) is 16.7. The molecule has 1 aromatic carbocycles. The second-order valence-corrected chi connectivity index (χ2v) is 8.45. The van der Waals surface area contributed by atoms with E-state index in [1.54, 1.807) is 18.2 Å². The van der Waals surface area contributed by atoms with Gasteiger partial charge in [0, 0.05) is 18.2 Å². The summed E-state index contributed by atoms with van der Waals surface area (Å²) in [5.74, 6) is -0.553. The summed E-state index contributed by atoms with van der Waals surface area (Å²) >= 11 is 1.47. The highest BCUT2D eigenvalue weighted by Gasteiger charge is 2.40. The van der Waals surface area contributed by atoms with Crippen LogP contribution >= 0.6 is 11.8 Å². The molecule has 1 atom stereocenters. The molecule has 0 saturated carbocycles. The fourth-order valence-electron chi connectivity index (χ4n) is 3.96. The molecule has 29 heavy (non-hydrogen) atoms. The third-order valence-electron chi connectivity index (χ3n) is 5.41. The molecule has 0 bridgehead atoms. The lowest BCUT2D eigenvalue weighted by Crippen LogP contribution is -2.30. The zero-order valence-electron chi connectivity index (χ0n) is 15.9. The van der Waals surface area contributed by atoms with Crippen LogP contribution in [0.4, 0.5) is 4.39 Å². The number of halogens is 1. The van der Waals surface area contributed by atoms with E-state index in [1.807, 2.05) is 13.0 Å². The van der Waals surface area contributed by atoms with E-state index in [0.29, 0.717) is 21.9 Å². The summed E-state index contributed by atoms with van der Waals surface area (Å²) in [7, 11) is 0. The minimum atomic E-state index is -0.850. The van der Waals surface area contributed by atoms with Gasteiger partial charge in [0.1, 0.15) is 23.1 Å². The minimum Gasteiger partial charge on any atom is -0.378 e. The lowest BCUT2D eigenvalue weighted by Gasteiger charge is -2.33. The lowest BCUT2D eigenvalue weighted by molar-refractivity contribution is 0.0988. The van der Waals surface area contributed by atoms with Crippen molar-refractivity contribution in [2.75, 3.05) is 0 Å². The summed E-state index contributed by atoms with van der Waals surface area (Å²) < 4.78 is 14.9. The standard InChI is InChI=1S/C22H19FN4OS/c1-22(15-3-2-4-20(15)29-21(25)27-22)16-9-13(5-7-17(16)23)10-19(28)18-8-6-14(11-24)12-26-18/h5-9,12H,2-4,10H2,1H3,(H2,25,27)/t22-/m0/s1. The number of hydrogen-bond acceptors (Lipinski definition) is 6. The van der Waals surface area contributed by atoms with E-state index in [4.69, 9.17) is 11.0 Å². The number of carbonyl (C=O) groups excluding carboxylic acids is 1. The molecular weight excluding hydrogens is 387 g/mol. The van der Waals surface area contributed by atoms with Gasteiger partial charge >= 0.3 is 0 Å². The molecule has 0 radical (unpaired) electrons. The number of carbonyl (C=O) groups is 1. The molecule has 2 N–H and O–H groups in total. The van der Waals surface area contributed by atoms with Gasteiger partial charge in [-0.1, -0.05) is 17.8 Å². The van der Waals surface area contributed by atoms with Crippen molar-refractivity contribution in [3.05, 3.63) is 75.2 Å². The zero-order chi connectivity index (χ0) is 20.6. The van der Waals surface area contributed by atoms with E-state index in [0.717, 1.165) is 24.8 Å². The van der Waals surface area contributed by atoms with Crippen LogP contribution in [0.2, 0.25) is 0 Å². The Labute approximate surface area is 172 Å². The number of Topliss-reactive ketones (excluding diaryl/α,β-unsaturated/α-hetero) is 1. The van der Waals surface area contributed by atoms with Crippen LogP contribution in [0, 0.1) is 17.1 Å². The molecule has 0 amide bonds. The number of aliphatic imine (C=N–C) groups is 1. The maximum absolute atomic E-state index is 14.9. The first-order valence-corrected chi connectivity index (χ1v) is 10.2. The van der Waals surface area contributed by atoms with E-state index < -0.39 is 5.54 Å². The predicted molar refractivity (Wildman–Crippen MR) is 111 cm³/mol. The molecule has 2 heterocycles. The van der Waals surface area contributed by atoms with Crippen LogP contribution < -0.4 is 5.73 Å². The van der Waals surface area contributed by atoms with Crippen LogP contribution in [0.3, 0.4) is 0 Å². The highest BCUT2D eigenvalue weighted by molar-refractivity contribution is 8.17. The number of rotatable bonds is 4. The number of allylic oxidation sites excluding steroid dienone is 1. The molecule has 1 aliphatic carbocycles. The summed E-state index contributed by atoms with van der Waals surface area (Å²) in [5, 5.41) is 9.30. The Morgan fingerprint density at radius 2 is 2.17 bits per heavy atom. The van der Waals surface area contributed by atoms with E-state index >= 15 is 0 Å². The molecular formula is C22H19FN4OS. The van der Waals surface area contributed by atoms with Gasteiger partial charge in [-0.15, -0.1) is 0 Å². The molecule has 146 valence electrons. The smallest absolute Gasteiger partial charge is 0.185 e. The van der Waals surface area contributed by atoms with E-state index in [2.05, 4.69) is 9.98 Å². The molecule has 0 saturated heterocycles. The highest BCUT2D eigenvalue weighted by atomic mass is 32.2. The predicted octanol–water partition coefficient (Wildman–Crippen LogP) is 4.23. The SMILES string of the molecule is C[C@]1(c2cc(CC(=O)c3ccc(C#N)cn3)ccc2F)N=C(N)SC2=C1CCC2. The van der Waals surface area contributed by atoms with E-state index in [9.17, 15) is 9.18 Å². The molecule has 2 aromatic rings. The Bertz CT molecular complexity index is 1100. The molecule has 7 heteroatoms. The topological polar surface area (TPSA) is 92.1 Å². The summed E-state index contributed by atoms with van der Waals surface area (Å²) in [6.07, 6.45) is 4.28. The van der Waals surface area contributed by atoms with Gasteiger partial charge in [-0.3, -0.25) is 9.78 Å². The van der Waals surface area contributed by atoms with Crippen molar-refractivity contribution in [3.63, 3.8) is 0 Å². The first-order valence-electron chi connectivity index (χ1n) is 9.34. The largest absolute Gasteiger partial charge is 0.378 e. The second-order valence-electron chi connectivity index (χ2n) is 7.34. The second kappa shape index (κ2) is 7.45. The van der Waals surface area contributed by atoms with Gasteiger partial charge in [-0.2, -0.15) is 5.26 Å². The van der Waals surface area contributed by atoms with Gasteiger partial charge in [0.2, 0.25) is 0 Å². The maximum Gasteiger partial charge on any atom is 0.185 e. The van der Waals surface area contributed by atoms with Gasteiger partial charge < -0.3 is 5.73 Å². The van der Waals surface area contributed by atoms with Crippen LogP contribution in [0.15, 0.2) is 52.0 Å². The number of nitrogens with zero attached hydrogens (tertiary/aromatic N) is 3. The summed E-state index contributed by atoms with van der Waals surface area (Å²) in [5.41, 5.74) is 8.11. The lowest BCUT2D eigenvalue weighted by atomic mass is 9.82. The van der Waals surface area contributed by atoms with Crippen LogP contribution in [0.1, 0.15) is 53.4 Å².